The fourth-order valence-electron chi connectivity index (χ4n) is 12.8. The Morgan fingerprint density at radius 3 is 1.20 bits per heavy atom. The van der Waals surface area contributed by atoms with Gasteiger partial charge >= 0.3 is 30.3 Å². The summed E-state index contributed by atoms with van der Waals surface area (Å²) in [6, 6.07) is 16.1. The first-order chi connectivity index (χ1) is 51.9. The van der Waals surface area contributed by atoms with E-state index in [0.29, 0.717) is 74.3 Å². The fourth-order valence-corrected chi connectivity index (χ4v) is 13.3. The highest BCUT2D eigenvalue weighted by Gasteiger charge is 2.34. The van der Waals surface area contributed by atoms with Gasteiger partial charge in [0, 0.05) is 127 Å². The van der Waals surface area contributed by atoms with Crippen molar-refractivity contribution >= 4 is 99.9 Å². The second-order valence-electron chi connectivity index (χ2n) is 30.8. The quantitative estimate of drug-likeness (QED) is 0.116. The van der Waals surface area contributed by atoms with Gasteiger partial charge in [0.1, 0.15) is 64.4 Å². The van der Waals surface area contributed by atoms with E-state index in [4.69, 9.17) is 69.8 Å². The topological polar surface area (TPSA) is 368 Å². The van der Waals surface area contributed by atoms with Crippen LogP contribution in [-0.4, -0.2) is 255 Å². The molecule has 32 nitrogen and oxygen atoms in total. The number of carbonyl (C=O) groups is 5. The number of halogens is 3. The minimum absolute atomic E-state index is 0.0178. The number of aromatic nitrogens is 8. The average Bonchev–Trinajstić information content (AvgIpc) is 0.836. The number of hydrogen-bond acceptors (Lipinski definition) is 25. The molecule has 5 saturated heterocycles. The zero-order valence-electron chi connectivity index (χ0n) is 65.9. The number of likely N-dealkylation sites (tertiary alicyclic amines) is 1. The Morgan fingerprint density at radius 2 is 0.827 bits per heavy atom. The van der Waals surface area contributed by atoms with Gasteiger partial charge in [-0.2, -0.15) is 21.0 Å². The van der Waals surface area contributed by atoms with Crippen molar-refractivity contribution in [3.05, 3.63) is 92.9 Å². The number of hydrogen-bond donors (Lipinski definition) is 2. The van der Waals surface area contributed by atoms with Crippen LogP contribution in [0.1, 0.15) is 161 Å². The van der Waals surface area contributed by atoms with Crippen molar-refractivity contribution < 1.29 is 38.2 Å². The van der Waals surface area contributed by atoms with Crippen molar-refractivity contribution in [2.24, 2.45) is 0 Å². The molecule has 10 rings (SSSR count). The first-order valence-corrected chi connectivity index (χ1v) is 37.7. The van der Waals surface area contributed by atoms with Gasteiger partial charge in [-0.1, -0.05) is 46.9 Å². The number of piperidine rings is 5. The van der Waals surface area contributed by atoms with Gasteiger partial charge in [0.2, 0.25) is 0 Å². The highest BCUT2D eigenvalue weighted by Crippen LogP contribution is 2.33. The molecule has 4 aromatic heterocycles. The third-order valence-corrected chi connectivity index (χ3v) is 19.2. The number of likely N-dealkylation sites (N-methyl/N-ethyl adjacent to an activating group) is 3. The number of nitriles is 4. The van der Waals surface area contributed by atoms with Crippen molar-refractivity contribution in [1.29, 1.82) is 21.0 Å². The number of benzene rings is 1. The van der Waals surface area contributed by atoms with Crippen LogP contribution in [0, 0.1) is 45.3 Å². The molecule has 9 heterocycles. The minimum Gasteiger partial charge on any atom is -0.444 e. The summed E-state index contributed by atoms with van der Waals surface area (Å²) in [7, 11) is 12.4. The number of rotatable bonds is 11. The van der Waals surface area contributed by atoms with E-state index in [2.05, 4.69) is 68.6 Å². The van der Waals surface area contributed by atoms with Crippen molar-refractivity contribution in [2.75, 3.05) is 140 Å². The van der Waals surface area contributed by atoms with Gasteiger partial charge in [0.05, 0.1) is 42.9 Å². The lowest BCUT2D eigenvalue weighted by atomic mass is 9.89. The SMILES string of the molecule is CC(C)(C)OC(=O)N[C@@H]1CCCN(c2cnc(C#N)c(Cl)n2)C1.CN(C(=O)OC(C)(C)C)[C@@H]1CCCN(c2cnc(C#N)c(Cl)n2)C1.CN(C)C(=O)N(C)[C@@H]1CCCN(c2cnc(C#N)c(Cl)n2)C1.CN(C)C(=O)N(C)[C@@H]1CCCN(c2cnc(C#N)c(Nc3ccc(C4CCN(C(=O)OC(C)(C)C)CC4)cc3)n2)C1. The maximum absolute atomic E-state index is 12.5. The maximum Gasteiger partial charge on any atom is 0.410 e. The number of nitrogens with one attached hydrogen (secondary N) is 2. The summed E-state index contributed by atoms with van der Waals surface area (Å²) < 4.78 is 16.2. The van der Waals surface area contributed by atoms with Gasteiger partial charge in [-0.25, -0.2) is 63.8 Å². The molecule has 0 radical (unpaired) electrons. The third-order valence-electron chi connectivity index (χ3n) is 18.4. The second-order valence-corrected chi connectivity index (χ2v) is 31.9. The van der Waals surface area contributed by atoms with Crippen molar-refractivity contribution in [1.82, 2.24) is 74.6 Å². The number of nitrogens with zero attached hydrogens (tertiary/aromatic N) is 22. The Bertz CT molecular complexity index is 4160. The minimum atomic E-state index is -0.523. The summed E-state index contributed by atoms with van der Waals surface area (Å²) in [4.78, 5) is 113. The van der Waals surface area contributed by atoms with Crippen LogP contribution in [0.2, 0.25) is 15.5 Å². The number of urea groups is 2. The van der Waals surface area contributed by atoms with Crippen LogP contribution < -0.4 is 30.2 Å². The summed E-state index contributed by atoms with van der Waals surface area (Å²) in [5.41, 5.74) is 1.06. The standard InChI is InChI=1S/C30H42N8O3.C16H22ClN5O2.C15H20ClN5O2.C14H19ClN6O/c1-30(2,3)41-29(40)37-16-13-22(14-17-37)21-9-11-23(12-10-21)33-27-25(18-31)32-19-26(34-27)38-15-7-8-24(20-38)36(6)28(39)35(4)5;1-16(2,3)24-15(23)21(4)11-6-5-7-22(10-11)13-9-19-12(8-18)14(17)20-13;1-15(2,3)23-14(22)19-10-5-4-6-21(9-10)12-8-18-11(7-17)13(16)20-12;1-19(2)14(22)20(3)10-5-4-6-21(9-10)12-8-17-11(7-16)13(15)18-12/h9-12,19,22,24H,7-8,13-17,20H2,1-6H3,(H,33,34);9,11H,5-7,10H2,1-4H3;8,10H,4-6,9H2,1-3H3,(H,19,22);8,10H,4-6,9H2,1-3H3/t24-;11-;2*10-/m1111/s1. The fraction of sp³-hybridized carbons (Fsp3) is 0.587. The van der Waals surface area contributed by atoms with E-state index < -0.39 is 22.9 Å². The lowest BCUT2D eigenvalue weighted by molar-refractivity contribution is 0.0196. The van der Waals surface area contributed by atoms with Gasteiger partial charge in [0.15, 0.2) is 44.1 Å². The molecule has 5 aliphatic heterocycles. The van der Waals surface area contributed by atoms with Crippen LogP contribution in [0.4, 0.5) is 58.7 Å². The van der Waals surface area contributed by atoms with Crippen molar-refractivity contribution in [3.8, 4) is 24.3 Å². The van der Waals surface area contributed by atoms with E-state index >= 15 is 0 Å². The van der Waals surface area contributed by atoms with E-state index in [9.17, 15) is 29.2 Å². The molecule has 0 aliphatic carbocycles. The molecule has 2 N–H and O–H groups in total. The zero-order chi connectivity index (χ0) is 80.9. The van der Waals surface area contributed by atoms with Gasteiger partial charge in [-0.3, -0.25) is 0 Å². The molecule has 4 atom stereocenters. The Kier molecular flexibility index (Phi) is 31.1. The first-order valence-electron chi connectivity index (χ1n) is 36.6. The second kappa shape index (κ2) is 39.4. The molecule has 0 bridgehead atoms. The van der Waals surface area contributed by atoms with Crippen LogP contribution in [0.25, 0.3) is 0 Å². The van der Waals surface area contributed by atoms with Crippen LogP contribution in [0.15, 0.2) is 49.1 Å². The summed E-state index contributed by atoms with van der Waals surface area (Å²) in [5.74, 6) is 3.30. The lowest BCUT2D eigenvalue weighted by Crippen LogP contribution is -2.51. The predicted molar refractivity (Wildman–Crippen MR) is 420 cm³/mol. The van der Waals surface area contributed by atoms with E-state index in [-0.39, 0.29) is 86.7 Å². The van der Waals surface area contributed by atoms with E-state index in [1.807, 2.05) is 121 Å². The molecule has 0 saturated carbocycles. The Labute approximate surface area is 660 Å². The largest absolute Gasteiger partial charge is 0.444 e. The van der Waals surface area contributed by atoms with E-state index in [1.54, 1.807) is 83.2 Å². The molecule has 0 spiro atoms. The van der Waals surface area contributed by atoms with E-state index in [1.165, 1.54) is 11.8 Å². The highest BCUT2D eigenvalue weighted by atomic mass is 35.5. The van der Waals surface area contributed by atoms with Gasteiger partial charge in [0.25, 0.3) is 0 Å². The average molecular weight is 1580 g/mol. The molecule has 5 fully saturated rings. The number of carbonyl (C=O) groups excluding carboxylic acids is 5. The highest BCUT2D eigenvalue weighted by molar-refractivity contribution is 6.31. The zero-order valence-corrected chi connectivity index (χ0v) is 68.2. The molecule has 7 amide bonds. The number of alkyl carbamates (subject to hydrolysis) is 1. The van der Waals surface area contributed by atoms with Crippen molar-refractivity contribution in [2.45, 2.75) is 173 Å². The summed E-state index contributed by atoms with van der Waals surface area (Å²) in [5, 5.41) is 42.7. The van der Waals surface area contributed by atoms with E-state index in [0.717, 1.165) is 96.1 Å². The van der Waals surface area contributed by atoms with Gasteiger partial charge in [-0.05, 0) is 150 Å². The van der Waals surface area contributed by atoms with Crippen LogP contribution in [0.3, 0.4) is 0 Å². The third kappa shape index (κ3) is 25.7. The molecule has 0 unspecified atom stereocenters. The molecule has 1 aromatic carbocycles. The van der Waals surface area contributed by atoms with Gasteiger partial charge < -0.3 is 73.8 Å². The predicted octanol–water partition coefficient (Wildman–Crippen LogP) is 11.7. The molecular formula is C75H103Cl3N24O8. The Hall–Kier alpha value is -10.3. The molecule has 592 valence electrons. The lowest BCUT2D eigenvalue weighted by Gasteiger charge is -2.38. The van der Waals surface area contributed by atoms with Gasteiger partial charge in [-0.15, -0.1) is 0 Å². The Morgan fingerprint density at radius 1 is 0.464 bits per heavy atom. The number of amides is 7. The monoisotopic (exact) mass is 1570 g/mol. The molecule has 5 aromatic rings. The maximum atomic E-state index is 12.5. The van der Waals surface area contributed by atoms with Crippen LogP contribution >= 0.6 is 34.8 Å². The number of ether oxygens (including phenoxy) is 3. The normalized spacial score (nSPS) is 18.0. The van der Waals surface area contributed by atoms with Crippen LogP contribution in [0.5, 0.6) is 0 Å². The smallest absolute Gasteiger partial charge is 0.410 e. The number of anilines is 6. The summed E-state index contributed by atoms with van der Waals surface area (Å²) in [6.45, 7) is 23.8. The summed E-state index contributed by atoms with van der Waals surface area (Å²) >= 11 is 17.8. The first kappa shape index (κ1) is 87.0. The Balaban J connectivity index is 0.000000213. The van der Waals surface area contributed by atoms with Crippen molar-refractivity contribution in [3.63, 3.8) is 0 Å². The van der Waals surface area contributed by atoms with Crippen LogP contribution in [-0.2, 0) is 14.2 Å². The molecule has 35 heteroatoms. The molecule has 5 aliphatic rings. The summed E-state index contributed by atoms with van der Waals surface area (Å²) in [6.07, 6.45) is 14.3. The molecular weight excluding hydrogens is 1470 g/mol. The molecule has 110 heavy (non-hydrogen) atoms.